The molecule has 1 N–H and O–H groups in total. The van der Waals surface area contributed by atoms with E-state index in [1.54, 1.807) is 38.5 Å². The molecule has 0 saturated carbocycles. The number of dihydropyridines is 1. The normalized spacial score (nSPS) is 16.1. The van der Waals surface area contributed by atoms with Crippen LogP contribution < -0.4 is 5.32 Å². The van der Waals surface area contributed by atoms with Crippen molar-refractivity contribution in [2.45, 2.75) is 32.7 Å². The minimum absolute atomic E-state index is 0.0132. The zero-order valence-electron chi connectivity index (χ0n) is 22.7. The number of methoxy groups -OCH3 is 1. The number of carbonyl (C=O) groups excluding carboxylic acids is 2. The molecule has 10 nitrogen and oxygen atoms in total. The zero-order chi connectivity index (χ0) is 28.8. The first-order valence-electron chi connectivity index (χ1n) is 12.6. The first kappa shape index (κ1) is 28.0. The van der Waals surface area contributed by atoms with Gasteiger partial charge in [0.15, 0.2) is 0 Å². The smallest absolute Gasteiger partial charge is 0.337 e. The maximum absolute atomic E-state index is 13.3. The van der Waals surface area contributed by atoms with Gasteiger partial charge in [-0.1, -0.05) is 42.5 Å². The van der Waals surface area contributed by atoms with Gasteiger partial charge in [0.1, 0.15) is 6.61 Å². The number of aromatic nitrogens is 2. The van der Waals surface area contributed by atoms with E-state index in [0.717, 1.165) is 11.1 Å². The molecule has 0 bridgehead atoms. The molecule has 0 aliphatic carbocycles. The van der Waals surface area contributed by atoms with Crippen LogP contribution in [0.25, 0.3) is 6.08 Å². The number of ether oxygens (including phenoxy) is 2. The van der Waals surface area contributed by atoms with Gasteiger partial charge in [-0.25, -0.2) is 14.6 Å². The molecule has 1 aliphatic rings. The van der Waals surface area contributed by atoms with Crippen LogP contribution in [-0.4, -0.2) is 40.1 Å². The third-order valence-corrected chi connectivity index (χ3v) is 6.81. The minimum Gasteiger partial charge on any atom is -0.466 e. The van der Waals surface area contributed by atoms with E-state index in [1.807, 2.05) is 41.1 Å². The predicted octanol–water partition coefficient (Wildman–Crippen LogP) is 5.07. The van der Waals surface area contributed by atoms with Gasteiger partial charge in [0.2, 0.25) is 0 Å². The van der Waals surface area contributed by atoms with Crippen LogP contribution >= 0.6 is 0 Å². The summed E-state index contributed by atoms with van der Waals surface area (Å²) in [5, 5.41) is 14.5. The van der Waals surface area contributed by atoms with Gasteiger partial charge in [0.05, 0.1) is 41.5 Å². The van der Waals surface area contributed by atoms with Crippen molar-refractivity contribution in [1.82, 2.24) is 14.9 Å². The quantitative estimate of drug-likeness (QED) is 0.226. The molecule has 0 amide bonds. The van der Waals surface area contributed by atoms with Gasteiger partial charge in [-0.05, 0) is 43.5 Å². The Kier molecular flexibility index (Phi) is 8.58. The van der Waals surface area contributed by atoms with E-state index in [0.29, 0.717) is 17.0 Å². The molecule has 40 heavy (non-hydrogen) atoms. The largest absolute Gasteiger partial charge is 0.466 e. The van der Waals surface area contributed by atoms with Crippen molar-refractivity contribution in [1.29, 1.82) is 0 Å². The third kappa shape index (κ3) is 6.01. The number of nitro groups is 1. The number of hydrogen-bond donors (Lipinski definition) is 1. The highest BCUT2D eigenvalue weighted by molar-refractivity contribution is 6.00. The fourth-order valence-corrected chi connectivity index (χ4v) is 4.74. The lowest BCUT2D eigenvalue weighted by molar-refractivity contribution is -0.384. The summed E-state index contributed by atoms with van der Waals surface area (Å²) in [4.78, 5) is 41.1. The van der Waals surface area contributed by atoms with Gasteiger partial charge in [-0.2, -0.15) is 0 Å². The highest BCUT2D eigenvalue weighted by Crippen LogP contribution is 2.40. The molecule has 2 atom stereocenters. The number of allylic oxidation sites excluding steroid dienone is 2. The Balaban J connectivity index is 1.51. The van der Waals surface area contributed by atoms with Crippen LogP contribution in [0.4, 0.5) is 5.69 Å². The molecule has 2 aromatic carbocycles. The summed E-state index contributed by atoms with van der Waals surface area (Å²) in [6.07, 6.45) is 9.01. The van der Waals surface area contributed by atoms with Gasteiger partial charge in [0.25, 0.3) is 5.69 Å². The lowest BCUT2D eigenvalue weighted by Crippen LogP contribution is -2.32. The molecule has 0 radical (unpaired) electrons. The average molecular weight is 543 g/mol. The summed E-state index contributed by atoms with van der Waals surface area (Å²) >= 11 is 0. The SMILES string of the molecule is COC(=O)C1=C(C)NC(C)=C(C(=O)OCC=Cc2ccc(C(C)n3ccnc3)cc2)C1c1cccc([N+](=O)[O-])c1. The topological polar surface area (TPSA) is 126 Å². The maximum atomic E-state index is 13.3. The van der Waals surface area contributed by atoms with Crippen LogP contribution in [0.1, 0.15) is 49.4 Å². The van der Waals surface area contributed by atoms with Gasteiger partial charge in [-0.3, -0.25) is 10.1 Å². The fraction of sp³-hybridized carbons (Fsp3) is 0.233. The van der Waals surface area contributed by atoms with E-state index in [1.165, 1.54) is 25.3 Å². The lowest BCUT2D eigenvalue weighted by atomic mass is 9.80. The van der Waals surface area contributed by atoms with E-state index in [9.17, 15) is 19.7 Å². The second-order valence-electron chi connectivity index (χ2n) is 9.33. The lowest BCUT2D eigenvalue weighted by Gasteiger charge is -2.30. The van der Waals surface area contributed by atoms with E-state index in [4.69, 9.17) is 9.47 Å². The summed E-state index contributed by atoms with van der Waals surface area (Å²) in [7, 11) is 1.24. The number of benzene rings is 2. The van der Waals surface area contributed by atoms with Crippen LogP contribution in [0.15, 0.2) is 95.9 Å². The summed E-state index contributed by atoms with van der Waals surface area (Å²) in [6.45, 7) is 5.46. The Hall–Kier alpha value is -4.99. The van der Waals surface area contributed by atoms with Crippen molar-refractivity contribution in [2.24, 2.45) is 0 Å². The number of imidazole rings is 1. The third-order valence-electron chi connectivity index (χ3n) is 6.81. The monoisotopic (exact) mass is 542 g/mol. The highest BCUT2D eigenvalue weighted by Gasteiger charge is 2.38. The molecule has 206 valence electrons. The van der Waals surface area contributed by atoms with Gasteiger partial charge in [0, 0.05) is 35.9 Å². The van der Waals surface area contributed by atoms with E-state index in [2.05, 4.69) is 17.2 Å². The van der Waals surface area contributed by atoms with Crippen LogP contribution in [0.3, 0.4) is 0 Å². The van der Waals surface area contributed by atoms with Crippen LogP contribution in [0, 0.1) is 10.1 Å². The Bertz CT molecular complexity index is 1500. The number of rotatable bonds is 9. The standard InChI is InChI=1S/C30H30N4O6/c1-19-26(29(35)39-4)28(24-8-5-9-25(17-24)34(37)38)27(20(2)32-19)30(36)40-16-6-7-22-10-12-23(13-11-22)21(3)33-15-14-31-18-33/h5-15,17-18,21,28,32H,16H2,1-4H3. The van der Waals surface area contributed by atoms with E-state index < -0.39 is 22.8 Å². The van der Waals surface area contributed by atoms with Crippen molar-refractivity contribution < 1.29 is 24.0 Å². The van der Waals surface area contributed by atoms with Crippen LogP contribution in [-0.2, 0) is 19.1 Å². The van der Waals surface area contributed by atoms with E-state index >= 15 is 0 Å². The predicted molar refractivity (Wildman–Crippen MR) is 149 cm³/mol. The summed E-state index contributed by atoms with van der Waals surface area (Å²) < 4.78 is 12.6. The summed E-state index contributed by atoms with van der Waals surface area (Å²) in [6, 6.07) is 14.0. The van der Waals surface area contributed by atoms with Crippen LogP contribution in [0.2, 0.25) is 0 Å². The van der Waals surface area contributed by atoms with E-state index in [-0.39, 0.29) is 29.5 Å². The first-order valence-corrected chi connectivity index (χ1v) is 12.6. The number of nitro benzene ring substituents is 1. The zero-order valence-corrected chi connectivity index (χ0v) is 22.7. The van der Waals surface area contributed by atoms with Gasteiger partial charge >= 0.3 is 11.9 Å². The number of non-ortho nitro benzene ring substituents is 1. The molecule has 1 aliphatic heterocycles. The van der Waals surface area contributed by atoms with Crippen molar-refractivity contribution in [3.8, 4) is 0 Å². The molecule has 4 rings (SSSR count). The Morgan fingerprint density at radius 3 is 2.45 bits per heavy atom. The summed E-state index contributed by atoms with van der Waals surface area (Å²) in [5.74, 6) is -2.20. The molecule has 3 aromatic rings. The number of nitrogens with one attached hydrogen (secondary N) is 1. The van der Waals surface area contributed by atoms with Gasteiger partial charge in [-0.15, -0.1) is 0 Å². The van der Waals surface area contributed by atoms with Crippen molar-refractivity contribution in [3.05, 3.63) is 123 Å². The molecular formula is C30H30N4O6. The minimum atomic E-state index is -0.907. The number of carbonyl (C=O) groups is 2. The van der Waals surface area contributed by atoms with Crippen LogP contribution in [0.5, 0.6) is 0 Å². The van der Waals surface area contributed by atoms with Gasteiger partial charge < -0.3 is 19.4 Å². The molecule has 0 spiro atoms. The Morgan fingerprint density at radius 2 is 1.82 bits per heavy atom. The van der Waals surface area contributed by atoms with Crippen molar-refractivity contribution in [3.63, 3.8) is 0 Å². The Labute approximate surface area is 231 Å². The molecule has 1 aromatic heterocycles. The molecule has 10 heteroatoms. The van der Waals surface area contributed by atoms with Crippen molar-refractivity contribution >= 4 is 23.7 Å². The molecule has 0 fully saturated rings. The fourth-order valence-electron chi connectivity index (χ4n) is 4.74. The molecule has 2 unspecified atom stereocenters. The number of esters is 2. The summed E-state index contributed by atoms with van der Waals surface area (Å²) in [5.41, 5.74) is 3.65. The molecule has 0 saturated heterocycles. The highest BCUT2D eigenvalue weighted by atomic mass is 16.6. The molecule has 2 heterocycles. The maximum Gasteiger partial charge on any atom is 0.337 e. The number of nitrogens with zero attached hydrogens (tertiary/aromatic N) is 3. The molecular weight excluding hydrogens is 512 g/mol. The Morgan fingerprint density at radius 1 is 1.12 bits per heavy atom. The van der Waals surface area contributed by atoms with Crippen molar-refractivity contribution in [2.75, 3.05) is 13.7 Å². The number of hydrogen-bond acceptors (Lipinski definition) is 8. The second kappa shape index (κ2) is 12.2. The second-order valence-corrected chi connectivity index (χ2v) is 9.33. The first-order chi connectivity index (χ1) is 19.2. The average Bonchev–Trinajstić information content (AvgIpc) is 3.49.